The molecule has 0 unspecified atom stereocenters. The van der Waals surface area contributed by atoms with Gasteiger partial charge < -0.3 is 0 Å². The number of aryl methyl sites for hydroxylation is 1. The molecule has 0 aliphatic heterocycles. The van der Waals surface area contributed by atoms with Crippen LogP contribution in [0.25, 0.3) is 0 Å². The van der Waals surface area contributed by atoms with Crippen LogP contribution in [0.1, 0.15) is 21.5 Å². The van der Waals surface area contributed by atoms with Crippen LogP contribution in [0.5, 0.6) is 0 Å². The van der Waals surface area contributed by atoms with E-state index in [0.717, 1.165) is 6.07 Å². The first kappa shape index (κ1) is 14.2. The van der Waals surface area contributed by atoms with Crippen molar-refractivity contribution in [1.82, 2.24) is 0 Å². The van der Waals surface area contributed by atoms with Gasteiger partial charge in [-0.1, -0.05) is 11.6 Å². The molecule has 0 fully saturated rings. The van der Waals surface area contributed by atoms with Gasteiger partial charge in [-0.2, -0.15) is 0 Å². The molecule has 0 heterocycles. The lowest BCUT2D eigenvalue weighted by Gasteiger charge is -2.07. The van der Waals surface area contributed by atoms with Crippen molar-refractivity contribution in [2.45, 2.75) is 6.92 Å². The molecule has 0 atom stereocenters. The maximum Gasteiger partial charge on any atom is 0.194 e. The molecule has 0 spiro atoms. The molecule has 0 bridgehead atoms. The minimum atomic E-state index is -0.471. The maximum absolute atomic E-state index is 13.3. The molecule has 0 amide bonds. The molecule has 0 aliphatic carbocycles. The van der Waals surface area contributed by atoms with Crippen molar-refractivity contribution in [3.05, 3.63) is 68.2 Å². The van der Waals surface area contributed by atoms with Crippen LogP contribution in [0, 0.1) is 18.6 Å². The van der Waals surface area contributed by atoms with E-state index in [2.05, 4.69) is 15.9 Å². The number of rotatable bonds is 2. The van der Waals surface area contributed by atoms with Gasteiger partial charge in [0, 0.05) is 11.1 Å². The van der Waals surface area contributed by atoms with Crippen molar-refractivity contribution in [3.8, 4) is 0 Å². The van der Waals surface area contributed by atoms with E-state index in [1.54, 1.807) is 6.92 Å². The molecule has 0 radical (unpaired) electrons. The fourth-order valence-electron chi connectivity index (χ4n) is 1.62. The highest BCUT2D eigenvalue weighted by atomic mass is 79.9. The summed E-state index contributed by atoms with van der Waals surface area (Å²) < 4.78 is 26.6. The van der Waals surface area contributed by atoms with Gasteiger partial charge in [0.15, 0.2) is 5.78 Å². The number of hydrogen-bond acceptors (Lipinski definition) is 1. The largest absolute Gasteiger partial charge is 0.289 e. The number of hydrogen-bond donors (Lipinski definition) is 0. The lowest BCUT2D eigenvalue weighted by atomic mass is 10.0. The van der Waals surface area contributed by atoms with Crippen LogP contribution in [0.2, 0.25) is 5.02 Å². The number of ketones is 1. The Balaban J connectivity index is 2.49. The van der Waals surface area contributed by atoms with E-state index in [9.17, 15) is 13.6 Å². The first-order chi connectivity index (χ1) is 8.90. The molecule has 1 nitrogen and oxygen atoms in total. The normalized spacial score (nSPS) is 10.6. The van der Waals surface area contributed by atoms with Crippen LogP contribution in [0.15, 0.2) is 34.8 Å². The van der Waals surface area contributed by atoms with Crippen molar-refractivity contribution >= 4 is 33.3 Å². The van der Waals surface area contributed by atoms with E-state index >= 15 is 0 Å². The highest BCUT2D eigenvalue weighted by Crippen LogP contribution is 2.25. The summed E-state index contributed by atoms with van der Waals surface area (Å²) in [7, 11) is 0. The fraction of sp³-hybridized carbons (Fsp3) is 0.0714. The number of carbonyl (C=O) groups excluding carboxylic acids is 1. The Bertz CT molecular complexity index is 671. The van der Waals surface area contributed by atoms with Crippen molar-refractivity contribution < 1.29 is 13.6 Å². The zero-order chi connectivity index (χ0) is 14.2. The molecule has 0 saturated carbocycles. The van der Waals surface area contributed by atoms with E-state index in [-0.39, 0.29) is 26.4 Å². The third-order valence-corrected chi connectivity index (χ3v) is 3.60. The minimum absolute atomic E-state index is 0.0357. The van der Waals surface area contributed by atoms with Crippen LogP contribution in [-0.2, 0) is 0 Å². The molecule has 0 saturated heterocycles. The van der Waals surface area contributed by atoms with Gasteiger partial charge in [-0.05, 0) is 58.7 Å². The molecule has 5 heteroatoms. The summed E-state index contributed by atoms with van der Waals surface area (Å²) in [5.41, 5.74) is 0.800. The van der Waals surface area contributed by atoms with E-state index in [1.165, 1.54) is 24.3 Å². The number of benzene rings is 2. The zero-order valence-electron chi connectivity index (χ0n) is 9.81. The summed E-state index contributed by atoms with van der Waals surface area (Å²) >= 11 is 8.88. The molecule has 2 aromatic rings. The molecular formula is C14H8BrClF2O. The lowest BCUT2D eigenvalue weighted by molar-refractivity contribution is 0.103. The van der Waals surface area contributed by atoms with Crippen LogP contribution >= 0.6 is 27.5 Å². The Morgan fingerprint density at radius 3 is 2.47 bits per heavy atom. The number of halogens is 4. The van der Waals surface area contributed by atoms with Gasteiger partial charge in [0.2, 0.25) is 0 Å². The van der Waals surface area contributed by atoms with Crippen molar-refractivity contribution in [3.63, 3.8) is 0 Å². The first-order valence-corrected chi connectivity index (χ1v) is 6.52. The monoisotopic (exact) mass is 344 g/mol. The second-order valence-electron chi connectivity index (χ2n) is 4.04. The summed E-state index contributed by atoms with van der Waals surface area (Å²) in [5.74, 6) is -1.31. The smallest absolute Gasteiger partial charge is 0.194 e. The summed E-state index contributed by atoms with van der Waals surface area (Å²) in [6.07, 6.45) is 0. The van der Waals surface area contributed by atoms with Crippen LogP contribution in [-0.4, -0.2) is 5.78 Å². The Morgan fingerprint density at radius 2 is 1.84 bits per heavy atom. The Kier molecular flexibility index (Phi) is 4.02. The van der Waals surface area contributed by atoms with Gasteiger partial charge in [0.05, 0.1) is 9.50 Å². The molecule has 2 rings (SSSR count). The van der Waals surface area contributed by atoms with Crippen molar-refractivity contribution in [1.29, 1.82) is 0 Å². The molecule has 19 heavy (non-hydrogen) atoms. The van der Waals surface area contributed by atoms with Gasteiger partial charge in [0.25, 0.3) is 0 Å². The Morgan fingerprint density at radius 1 is 1.16 bits per heavy atom. The van der Waals surface area contributed by atoms with Gasteiger partial charge in [-0.25, -0.2) is 8.78 Å². The van der Waals surface area contributed by atoms with Crippen molar-refractivity contribution in [2.24, 2.45) is 0 Å². The van der Waals surface area contributed by atoms with Gasteiger partial charge in [-0.3, -0.25) is 4.79 Å². The fourth-order valence-corrected chi connectivity index (χ4v) is 2.24. The minimum Gasteiger partial charge on any atom is -0.289 e. The maximum atomic E-state index is 13.3. The van der Waals surface area contributed by atoms with Gasteiger partial charge in [0.1, 0.15) is 11.6 Å². The molecule has 98 valence electrons. The summed E-state index contributed by atoms with van der Waals surface area (Å²) in [4.78, 5) is 12.2. The van der Waals surface area contributed by atoms with E-state index < -0.39 is 11.6 Å². The molecular weight excluding hydrogens is 338 g/mol. The van der Waals surface area contributed by atoms with Crippen molar-refractivity contribution in [2.75, 3.05) is 0 Å². The molecule has 0 aromatic heterocycles. The standard InChI is InChI=1S/C14H8BrClF2O/c1-7-4-9(11(16)6-13(7)18)14(19)8-2-3-12(17)10(15)5-8/h2-6H,1H3. The quantitative estimate of drug-likeness (QED) is 0.706. The Labute approximate surface area is 122 Å². The van der Waals surface area contributed by atoms with Gasteiger partial charge >= 0.3 is 0 Å². The second-order valence-corrected chi connectivity index (χ2v) is 5.30. The highest BCUT2D eigenvalue weighted by Gasteiger charge is 2.16. The summed E-state index contributed by atoms with van der Waals surface area (Å²) in [6.45, 7) is 1.54. The van der Waals surface area contributed by atoms with Crippen LogP contribution in [0.3, 0.4) is 0 Å². The highest BCUT2D eigenvalue weighted by molar-refractivity contribution is 9.10. The van der Waals surface area contributed by atoms with Crippen LogP contribution in [0.4, 0.5) is 8.78 Å². The second kappa shape index (κ2) is 5.39. The number of carbonyl (C=O) groups is 1. The zero-order valence-corrected chi connectivity index (χ0v) is 12.1. The topological polar surface area (TPSA) is 17.1 Å². The molecule has 2 aromatic carbocycles. The lowest BCUT2D eigenvalue weighted by Crippen LogP contribution is -2.04. The first-order valence-electron chi connectivity index (χ1n) is 5.35. The average molecular weight is 346 g/mol. The summed E-state index contributed by atoms with van der Waals surface area (Å²) in [5, 5.41) is 0.0357. The predicted octanol–water partition coefficient (Wildman–Crippen LogP) is 4.92. The molecule has 0 N–H and O–H groups in total. The van der Waals surface area contributed by atoms with E-state index in [4.69, 9.17) is 11.6 Å². The third kappa shape index (κ3) is 2.85. The SMILES string of the molecule is Cc1cc(C(=O)c2ccc(F)c(Br)c2)c(Cl)cc1F. The molecule has 0 aliphatic rings. The Hall–Kier alpha value is -1.26. The van der Waals surface area contributed by atoms with E-state index in [0.29, 0.717) is 5.56 Å². The predicted molar refractivity (Wildman–Crippen MR) is 73.7 cm³/mol. The van der Waals surface area contributed by atoms with Crippen LogP contribution < -0.4 is 0 Å². The summed E-state index contributed by atoms with van der Waals surface area (Å²) in [6, 6.07) is 6.39. The van der Waals surface area contributed by atoms with Gasteiger partial charge in [-0.15, -0.1) is 0 Å². The average Bonchev–Trinajstić information content (AvgIpc) is 2.36. The van der Waals surface area contributed by atoms with E-state index in [1.807, 2.05) is 0 Å². The third-order valence-electron chi connectivity index (χ3n) is 2.67.